The predicted molar refractivity (Wildman–Crippen MR) is 98.6 cm³/mol. The molecule has 138 valence electrons. The number of anilines is 1. The summed E-state index contributed by atoms with van der Waals surface area (Å²) < 4.78 is 24.1. The molecule has 0 saturated carbocycles. The number of aromatic nitrogens is 2. The van der Waals surface area contributed by atoms with Gasteiger partial charge >= 0.3 is 0 Å². The van der Waals surface area contributed by atoms with Crippen molar-refractivity contribution in [2.75, 3.05) is 19.5 Å². The summed E-state index contributed by atoms with van der Waals surface area (Å²) in [6, 6.07) is 11.7. The lowest BCUT2D eigenvalue weighted by Crippen LogP contribution is -2.23. The van der Waals surface area contributed by atoms with Crippen LogP contribution >= 0.6 is 0 Å². The lowest BCUT2D eigenvalue weighted by Gasteiger charge is -2.24. The first-order chi connectivity index (χ1) is 13.1. The van der Waals surface area contributed by atoms with Crippen LogP contribution in [0.2, 0.25) is 0 Å². The molecule has 0 aliphatic carbocycles. The number of benzene rings is 2. The zero-order chi connectivity index (χ0) is 19.0. The smallest absolute Gasteiger partial charge is 0.226 e. The first kappa shape index (κ1) is 17.1. The molecule has 0 saturated heterocycles. The van der Waals surface area contributed by atoms with Crippen molar-refractivity contribution in [3.05, 3.63) is 59.4 Å². The van der Waals surface area contributed by atoms with E-state index in [2.05, 4.69) is 15.5 Å². The van der Waals surface area contributed by atoms with E-state index in [1.165, 1.54) is 12.1 Å². The molecule has 27 heavy (non-hydrogen) atoms. The second-order valence-corrected chi connectivity index (χ2v) is 6.32. The van der Waals surface area contributed by atoms with Crippen molar-refractivity contribution in [3.63, 3.8) is 0 Å². The number of nitrogens with zero attached hydrogens (tertiary/aromatic N) is 1. The number of amides is 1. The fourth-order valence-corrected chi connectivity index (χ4v) is 3.41. The van der Waals surface area contributed by atoms with E-state index in [1.54, 1.807) is 32.4 Å². The average Bonchev–Trinajstić information content (AvgIpc) is 3.11. The highest BCUT2D eigenvalue weighted by Gasteiger charge is 2.32. The molecule has 1 atom stereocenters. The Bertz CT molecular complexity index is 976. The number of carbonyl (C=O) groups is 1. The van der Waals surface area contributed by atoms with Gasteiger partial charge in [0.1, 0.15) is 17.3 Å². The molecule has 6 nitrogen and oxygen atoms in total. The SMILES string of the molecule is COc1cc(OC)cc(C2CC(=O)Nc3n[nH]c(-c4ccc(F)cc4)c32)c1. The van der Waals surface area contributed by atoms with Gasteiger partial charge in [0.15, 0.2) is 5.82 Å². The van der Waals surface area contributed by atoms with Crippen LogP contribution in [0.15, 0.2) is 42.5 Å². The number of methoxy groups -OCH3 is 2. The van der Waals surface area contributed by atoms with Crippen LogP contribution in [0.3, 0.4) is 0 Å². The van der Waals surface area contributed by atoms with Gasteiger partial charge < -0.3 is 14.8 Å². The quantitative estimate of drug-likeness (QED) is 0.737. The van der Waals surface area contributed by atoms with Gasteiger partial charge in [-0.05, 0) is 42.0 Å². The standard InChI is InChI=1S/C20H18FN3O3/c1-26-14-7-12(8-15(9-14)27-2)16-10-17(25)22-20-18(16)19(23-24-20)11-3-5-13(21)6-4-11/h3-9,16H,10H2,1-2H3,(H2,22,23,24,25). The Morgan fingerprint density at radius 2 is 1.74 bits per heavy atom. The summed E-state index contributed by atoms with van der Waals surface area (Å²) in [5.41, 5.74) is 3.28. The van der Waals surface area contributed by atoms with Crippen molar-refractivity contribution in [2.45, 2.75) is 12.3 Å². The van der Waals surface area contributed by atoms with Crippen molar-refractivity contribution in [1.29, 1.82) is 0 Å². The number of rotatable bonds is 4. The molecule has 3 aromatic rings. The Morgan fingerprint density at radius 3 is 2.37 bits per heavy atom. The zero-order valence-electron chi connectivity index (χ0n) is 14.9. The third-order valence-electron chi connectivity index (χ3n) is 4.71. The maximum absolute atomic E-state index is 13.3. The fourth-order valence-electron chi connectivity index (χ4n) is 3.41. The molecule has 1 aliphatic heterocycles. The average molecular weight is 367 g/mol. The number of carbonyl (C=O) groups excluding carboxylic acids is 1. The largest absolute Gasteiger partial charge is 0.497 e. The maximum Gasteiger partial charge on any atom is 0.226 e. The van der Waals surface area contributed by atoms with Gasteiger partial charge in [0.25, 0.3) is 0 Å². The van der Waals surface area contributed by atoms with Crippen LogP contribution < -0.4 is 14.8 Å². The normalized spacial score (nSPS) is 15.8. The van der Waals surface area contributed by atoms with Gasteiger partial charge in [-0.3, -0.25) is 9.89 Å². The minimum Gasteiger partial charge on any atom is -0.497 e. The number of hydrogen-bond acceptors (Lipinski definition) is 4. The Hall–Kier alpha value is -3.35. The molecular weight excluding hydrogens is 349 g/mol. The first-order valence-corrected chi connectivity index (χ1v) is 8.46. The summed E-state index contributed by atoms with van der Waals surface area (Å²) in [6.07, 6.45) is 0.261. The lowest BCUT2D eigenvalue weighted by atomic mass is 9.84. The van der Waals surface area contributed by atoms with E-state index in [9.17, 15) is 9.18 Å². The van der Waals surface area contributed by atoms with Gasteiger partial charge in [-0.1, -0.05) is 0 Å². The minimum atomic E-state index is -0.311. The number of H-pyrrole nitrogens is 1. The van der Waals surface area contributed by atoms with Crippen LogP contribution in [-0.4, -0.2) is 30.3 Å². The van der Waals surface area contributed by atoms with Crippen LogP contribution in [-0.2, 0) is 4.79 Å². The molecule has 4 rings (SSSR count). The Morgan fingerprint density at radius 1 is 1.07 bits per heavy atom. The second-order valence-electron chi connectivity index (χ2n) is 6.32. The Labute approximate surface area is 155 Å². The van der Waals surface area contributed by atoms with E-state index in [-0.39, 0.29) is 24.1 Å². The molecular formula is C20H18FN3O3. The Kier molecular flexibility index (Phi) is 4.27. The molecule has 2 N–H and O–H groups in total. The number of aromatic amines is 1. The van der Waals surface area contributed by atoms with E-state index < -0.39 is 0 Å². The number of fused-ring (bicyclic) bond motifs is 1. The van der Waals surface area contributed by atoms with Crippen molar-refractivity contribution in [3.8, 4) is 22.8 Å². The highest BCUT2D eigenvalue weighted by molar-refractivity contribution is 5.96. The fraction of sp³-hybridized carbons (Fsp3) is 0.200. The minimum absolute atomic E-state index is 0.119. The molecule has 1 amide bonds. The van der Waals surface area contributed by atoms with Crippen LogP contribution in [0.1, 0.15) is 23.5 Å². The predicted octanol–water partition coefficient (Wildman–Crippen LogP) is 3.71. The monoisotopic (exact) mass is 367 g/mol. The summed E-state index contributed by atoms with van der Waals surface area (Å²) >= 11 is 0. The first-order valence-electron chi connectivity index (χ1n) is 8.46. The van der Waals surface area contributed by atoms with Gasteiger partial charge in [-0.25, -0.2) is 4.39 Å². The van der Waals surface area contributed by atoms with Crippen LogP contribution in [0.5, 0.6) is 11.5 Å². The molecule has 0 radical (unpaired) electrons. The second kappa shape index (κ2) is 6.75. The van der Waals surface area contributed by atoms with E-state index in [1.807, 2.05) is 12.1 Å². The van der Waals surface area contributed by atoms with E-state index in [4.69, 9.17) is 9.47 Å². The third kappa shape index (κ3) is 3.12. The maximum atomic E-state index is 13.3. The highest BCUT2D eigenvalue weighted by Crippen LogP contribution is 2.43. The molecule has 1 aliphatic rings. The number of nitrogens with one attached hydrogen (secondary N) is 2. The van der Waals surface area contributed by atoms with Crippen molar-refractivity contribution < 1.29 is 18.7 Å². The molecule has 1 aromatic heterocycles. The highest BCUT2D eigenvalue weighted by atomic mass is 19.1. The topological polar surface area (TPSA) is 76.2 Å². The molecule has 0 bridgehead atoms. The number of ether oxygens (including phenoxy) is 2. The third-order valence-corrected chi connectivity index (χ3v) is 4.71. The Balaban J connectivity index is 1.86. The van der Waals surface area contributed by atoms with Gasteiger partial charge in [0.2, 0.25) is 5.91 Å². The summed E-state index contributed by atoms with van der Waals surface area (Å²) in [5.74, 6) is 1.10. The molecule has 2 heterocycles. The summed E-state index contributed by atoms with van der Waals surface area (Å²) in [4.78, 5) is 12.2. The summed E-state index contributed by atoms with van der Waals surface area (Å²) in [6.45, 7) is 0. The molecule has 7 heteroatoms. The van der Waals surface area contributed by atoms with Crippen molar-refractivity contribution in [2.24, 2.45) is 0 Å². The van der Waals surface area contributed by atoms with Crippen molar-refractivity contribution >= 4 is 11.7 Å². The van der Waals surface area contributed by atoms with Crippen LogP contribution in [0.25, 0.3) is 11.3 Å². The van der Waals surface area contributed by atoms with Gasteiger partial charge in [0, 0.05) is 29.5 Å². The van der Waals surface area contributed by atoms with Gasteiger partial charge in [0.05, 0.1) is 19.9 Å². The summed E-state index contributed by atoms with van der Waals surface area (Å²) in [5, 5.41) is 10.0. The van der Waals surface area contributed by atoms with Gasteiger partial charge in [-0.2, -0.15) is 5.10 Å². The zero-order valence-corrected chi connectivity index (χ0v) is 14.9. The molecule has 0 spiro atoms. The van der Waals surface area contributed by atoms with Gasteiger partial charge in [-0.15, -0.1) is 0 Å². The van der Waals surface area contributed by atoms with Crippen LogP contribution in [0, 0.1) is 5.82 Å². The summed E-state index contributed by atoms with van der Waals surface area (Å²) in [7, 11) is 3.17. The number of hydrogen-bond donors (Lipinski definition) is 2. The van der Waals surface area contributed by atoms with Crippen molar-refractivity contribution in [1.82, 2.24) is 10.2 Å². The van der Waals surface area contributed by atoms with E-state index in [0.29, 0.717) is 17.3 Å². The number of halogens is 1. The van der Waals surface area contributed by atoms with Crippen LogP contribution in [0.4, 0.5) is 10.2 Å². The molecule has 2 aromatic carbocycles. The molecule has 0 fully saturated rings. The van der Waals surface area contributed by atoms with E-state index in [0.717, 1.165) is 22.4 Å². The lowest BCUT2D eigenvalue weighted by molar-refractivity contribution is -0.116. The van der Waals surface area contributed by atoms with E-state index >= 15 is 0 Å². The molecule has 1 unspecified atom stereocenters.